The van der Waals surface area contributed by atoms with E-state index < -0.39 is 0 Å². The van der Waals surface area contributed by atoms with Crippen molar-refractivity contribution in [2.45, 2.75) is 0 Å². The molecule has 36 valence electrons. The lowest BCUT2D eigenvalue weighted by Gasteiger charge is -2.36. The Bertz CT molecular complexity index is 41.5. The first kappa shape index (κ1) is 4.09. The van der Waals surface area contributed by atoms with Crippen LogP contribution in [0.3, 0.4) is 0 Å². The summed E-state index contributed by atoms with van der Waals surface area (Å²) in [4.78, 5) is 4.50. The van der Waals surface area contributed by atoms with Crippen molar-refractivity contribution in [2.24, 2.45) is 0 Å². The highest BCUT2D eigenvalue weighted by Gasteiger charge is 2.12. The van der Waals surface area contributed by atoms with Crippen molar-refractivity contribution in [1.82, 2.24) is 9.80 Å². The molecule has 1 aliphatic heterocycles. The maximum atomic E-state index is 2.25. The zero-order valence-corrected chi connectivity index (χ0v) is 4.31. The molecule has 1 heterocycles. The predicted molar refractivity (Wildman–Crippen MR) is 25.3 cm³/mol. The van der Waals surface area contributed by atoms with Crippen LogP contribution < -0.4 is 0 Å². The second-order valence-electron chi connectivity index (χ2n) is 1.99. The Kier molecular flexibility index (Phi) is 0.821. The van der Waals surface area contributed by atoms with Gasteiger partial charge in [0.2, 0.25) is 0 Å². The van der Waals surface area contributed by atoms with Crippen LogP contribution in [0.1, 0.15) is 0 Å². The van der Waals surface area contributed by atoms with Gasteiger partial charge in [-0.05, 0) is 14.1 Å². The third-order valence-corrected chi connectivity index (χ3v) is 0.966. The molecule has 1 saturated heterocycles. The van der Waals surface area contributed by atoms with Gasteiger partial charge in [0.05, 0.1) is 13.3 Å². The van der Waals surface area contributed by atoms with Gasteiger partial charge in [0.15, 0.2) is 0 Å². The summed E-state index contributed by atoms with van der Waals surface area (Å²) < 4.78 is 0. The van der Waals surface area contributed by atoms with E-state index in [1.165, 1.54) is 0 Å². The molecule has 0 N–H and O–H groups in total. The van der Waals surface area contributed by atoms with E-state index in [2.05, 4.69) is 23.9 Å². The van der Waals surface area contributed by atoms with Crippen molar-refractivity contribution < 1.29 is 0 Å². The first-order valence-electron chi connectivity index (χ1n) is 2.16. The van der Waals surface area contributed by atoms with E-state index in [0.29, 0.717) is 0 Å². The molecule has 0 aliphatic carbocycles. The lowest BCUT2D eigenvalue weighted by Crippen LogP contribution is -2.50. The van der Waals surface area contributed by atoms with Gasteiger partial charge in [-0.15, -0.1) is 0 Å². The highest BCUT2D eigenvalue weighted by molar-refractivity contribution is 4.58. The summed E-state index contributed by atoms with van der Waals surface area (Å²) in [5.41, 5.74) is 0. The van der Waals surface area contributed by atoms with E-state index in [-0.39, 0.29) is 0 Å². The van der Waals surface area contributed by atoms with Crippen LogP contribution in [0.4, 0.5) is 0 Å². The van der Waals surface area contributed by atoms with Gasteiger partial charge < -0.3 is 0 Å². The van der Waals surface area contributed by atoms with Gasteiger partial charge in [-0.2, -0.15) is 0 Å². The third kappa shape index (κ3) is 0.533. The molecule has 1 aliphatic rings. The predicted octanol–water partition coefficient (Wildman–Crippen LogP) is -0.221. The highest BCUT2D eigenvalue weighted by atomic mass is 15.5. The normalized spacial score (nSPS) is 27.0. The zero-order chi connectivity index (χ0) is 4.57. The maximum absolute atomic E-state index is 2.25. The van der Waals surface area contributed by atoms with E-state index in [9.17, 15) is 0 Å². The molecule has 0 aromatic rings. The Balaban J connectivity index is 2.11. The largest absolute Gasteiger partial charge is 0.280 e. The van der Waals surface area contributed by atoms with Crippen LogP contribution in [-0.4, -0.2) is 37.2 Å². The zero-order valence-electron chi connectivity index (χ0n) is 4.31. The summed E-state index contributed by atoms with van der Waals surface area (Å²) >= 11 is 0. The van der Waals surface area contributed by atoms with E-state index in [1.54, 1.807) is 0 Å². The molecule has 6 heavy (non-hydrogen) atoms. The lowest BCUT2D eigenvalue weighted by atomic mass is 10.6. The summed E-state index contributed by atoms with van der Waals surface area (Å²) in [6, 6.07) is 0. The Morgan fingerprint density at radius 1 is 1.00 bits per heavy atom. The molecule has 2 nitrogen and oxygen atoms in total. The second-order valence-corrected chi connectivity index (χ2v) is 1.99. The molecule has 0 unspecified atom stereocenters. The van der Waals surface area contributed by atoms with Crippen molar-refractivity contribution in [3.05, 3.63) is 0 Å². The quantitative estimate of drug-likeness (QED) is 0.402. The minimum atomic E-state index is 1.14. The van der Waals surface area contributed by atoms with Crippen LogP contribution >= 0.6 is 0 Å². The van der Waals surface area contributed by atoms with Gasteiger partial charge in [0.1, 0.15) is 0 Å². The summed E-state index contributed by atoms with van der Waals surface area (Å²) in [5.74, 6) is 0. The summed E-state index contributed by atoms with van der Waals surface area (Å²) in [6.07, 6.45) is 0. The lowest BCUT2D eigenvalue weighted by molar-refractivity contribution is 0.0149. The molecule has 0 aromatic carbocycles. The average molecular weight is 86.1 g/mol. The number of nitrogens with zero attached hydrogens (tertiary/aromatic N) is 2. The van der Waals surface area contributed by atoms with Gasteiger partial charge in [0.25, 0.3) is 0 Å². The first-order chi connectivity index (χ1) is 2.79. The fourth-order valence-corrected chi connectivity index (χ4v) is 0.783. The summed E-state index contributed by atoms with van der Waals surface area (Å²) in [5, 5.41) is 0. The van der Waals surface area contributed by atoms with Gasteiger partial charge in [-0.1, -0.05) is 0 Å². The molecule has 0 spiro atoms. The van der Waals surface area contributed by atoms with Crippen molar-refractivity contribution >= 4 is 0 Å². The number of hydrogen-bond acceptors (Lipinski definition) is 2. The topological polar surface area (TPSA) is 6.48 Å². The van der Waals surface area contributed by atoms with Crippen molar-refractivity contribution in [2.75, 3.05) is 27.4 Å². The van der Waals surface area contributed by atoms with Gasteiger partial charge in [-0.25, -0.2) is 0 Å². The Hall–Kier alpha value is -0.0800. The monoisotopic (exact) mass is 86.1 g/mol. The molecule has 1 rings (SSSR count). The minimum Gasteiger partial charge on any atom is -0.280 e. The van der Waals surface area contributed by atoms with Crippen molar-refractivity contribution in [3.8, 4) is 0 Å². The van der Waals surface area contributed by atoms with Crippen LogP contribution in [0.5, 0.6) is 0 Å². The third-order valence-electron chi connectivity index (χ3n) is 0.966. The SMILES string of the molecule is CN1CN(C)C1. The van der Waals surface area contributed by atoms with E-state index in [1.807, 2.05) is 0 Å². The number of rotatable bonds is 0. The Morgan fingerprint density at radius 2 is 1.33 bits per heavy atom. The molecule has 0 aromatic heterocycles. The molecule has 0 atom stereocenters. The van der Waals surface area contributed by atoms with Crippen LogP contribution in [0.2, 0.25) is 0 Å². The first-order valence-corrected chi connectivity index (χ1v) is 2.16. The number of hydrogen-bond donors (Lipinski definition) is 0. The molecule has 1 fully saturated rings. The van der Waals surface area contributed by atoms with Crippen LogP contribution in [0.25, 0.3) is 0 Å². The van der Waals surface area contributed by atoms with Crippen molar-refractivity contribution in [3.63, 3.8) is 0 Å². The van der Waals surface area contributed by atoms with Crippen LogP contribution in [0, 0.1) is 0 Å². The molecular formula is C4H10N2. The smallest absolute Gasteiger partial charge is 0.0523 e. The van der Waals surface area contributed by atoms with Crippen LogP contribution in [-0.2, 0) is 0 Å². The van der Waals surface area contributed by atoms with Crippen molar-refractivity contribution in [1.29, 1.82) is 0 Å². The second kappa shape index (κ2) is 1.21. The standard InChI is InChI=1S/C4H10N2/c1-5-3-6(2)4-5/h3-4H2,1-2H3. The van der Waals surface area contributed by atoms with Gasteiger partial charge in [-0.3, -0.25) is 9.80 Å². The van der Waals surface area contributed by atoms with E-state index in [4.69, 9.17) is 0 Å². The molecular weight excluding hydrogens is 76.1 g/mol. The highest BCUT2D eigenvalue weighted by Crippen LogP contribution is 1.98. The molecule has 0 radical (unpaired) electrons. The Morgan fingerprint density at radius 3 is 1.33 bits per heavy atom. The fourth-order valence-electron chi connectivity index (χ4n) is 0.783. The summed E-state index contributed by atoms with van der Waals surface area (Å²) in [6.45, 7) is 2.28. The maximum Gasteiger partial charge on any atom is 0.0523 e. The fraction of sp³-hybridized carbons (Fsp3) is 1.00. The minimum absolute atomic E-state index is 1.14. The van der Waals surface area contributed by atoms with Gasteiger partial charge in [0, 0.05) is 0 Å². The average Bonchev–Trinajstić information content (AvgIpc) is 1.33. The molecule has 0 amide bonds. The van der Waals surface area contributed by atoms with Gasteiger partial charge >= 0.3 is 0 Å². The molecule has 0 saturated carbocycles. The van der Waals surface area contributed by atoms with E-state index >= 15 is 0 Å². The molecule has 0 bridgehead atoms. The Labute approximate surface area is 38.3 Å². The molecule has 2 heteroatoms. The van der Waals surface area contributed by atoms with Crippen LogP contribution in [0.15, 0.2) is 0 Å². The van der Waals surface area contributed by atoms with E-state index in [0.717, 1.165) is 13.3 Å². The summed E-state index contributed by atoms with van der Waals surface area (Å²) in [7, 11) is 4.22.